The molecule has 15 heavy (non-hydrogen) atoms. The molecule has 1 aliphatic carbocycles. The molecule has 0 amide bonds. The third-order valence-electron chi connectivity index (χ3n) is 3.28. The van der Waals surface area contributed by atoms with E-state index < -0.39 is 0 Å². The number of ether oxygens (including phenoxy) is 1. The molecule has 2 nitrogen and oxygen atoms in total. The predicted octanol–water partition coefficient (Wildman–Crippen LogP) is 3.56. The van der Waals surface area contributed by atoms with Gasteiger partial charge in [-0.1, -0.05) is 12.5 Å². The van der Waals surface area contributed by atoms with Gasteiger partial charge >= 0.3 is 0 Å². The van der Waals surface area contributed by atoms with E-state index in [0.29, 0.717) is 12.1 Å². The van der Waals surface area contributed by atoms with Crippen LogP contribution < -0.4 is 10.1 Å². The van der Waals surface area contributed by atoms with Crippen molar-refractivity contribution in [3.63, 3.8) is 0 Å². The van der Waals surface area contributed by atoms with Gasteiger partial charge in [-0.25, -0.2) is 0 Å². The molecular weight excluding hydrogens is 254 g/mol. The van der Waals surface area contributed by atoms with Crippen LogP contribution in [0.2, 0.25) is 0 Å². The number of halogens is 1. The van der Waals surface area contributed by atoms with Crippen LogP contribution in [0.5, 0.6) is 5.75 Å². The molecule has 1 aliphatic heterocycles. The summed E-state index contributed by atoms with van der Waals surface area (Å²) in [5, 5.41) is 3.58. The van der Waals surface area contributed by atoms with E-state index in [1.807, 2.05) is 12.1 Å². The van der Waals surface area contributed by atoms with Gasteiger partial charge in [-0.3, -0.25) is 0 Å². The van der Waals surface area contributed by atoms with Gasteiger partial charge in [0.15, 0.2) is 5.75 Å². The van der Waals surface area contributed by atoms with Crippen molar-refractivity contribution < 1.29 is 4.74 Å². The van der Waals surface area contributed by atoms with Crippen LogP contribution in [-0.4, -0.2) is 12.1 Å². The lowest BCUT2D eigenvalue weighted by atomic mass is 9.91. The highest BCUT2D eigenvalue weighted by molar-refractivity contribution is 9.10. The Bertz CT molecular complexity index is 380. The van der Waals surface area contributed by atoms with Crippen molar-refractivity contribution in [1.29, 1.82) is 0 Å². The fraction of sp³-hybridized carbons (Fsp3) is 0.500. The van der Waals surface area contributed by atoms with Crippen LogP contribution in [-0.2, 0) is 0 Å². The SMILES string of the molecule is Brc1cccc2c1OC1CCCCC1N2. The fourth-order valence-corrected chi connectivity index (χ4v) is 2.96. The summed E-state index contributed by atoms with van der Waals surface area (Å²) in [7, 11) is 0. The Morgan fingerprint density at radius 1 is 1.27 bits per heavy atom. The number of rotatable bonds is 0. The molecule has 1 fully saturated rings. The Hall–Kier alpha value is -0.700. The molecule has 2 atom stereocenters. The van der Waals surface area contributed by atoms with E-state index in [9.17, 15) is 0 Å². The van der Waals surface area contributed by atoms with Gasteiger partial charge in [0.1, 0.15) is 6.10 Å². The summed E-state index contributed by atoms with van der Waals surface area (Å²) in [5.74, 6) is 0.987. The summed E-state index contributed by atoms with van der Waals surface area (Å²) in [4.78, 5) is 0. The molecule has 80 valence electrons. The molecule has 3 rings (SSSR count). The van der Waals surface area contributed by atoms with E-state index in [4.69, 9.17) is 4.74 Å². The minimum absolute atomic E-state index is 0.366. The van der Waals surface area contributed by atoms with Crippen molar-refractivity contribution in [2.24, 2.45) is 0 Å². The van der Waals surface area contributed by atoms with Gasteiger partial charge in [-0.2, -0.15) is 0 Å². The number of hydrogen-bond acceptors (Lipinski definition) is 2. The average molecular weight is 268 g/mol. The van der Waals surface area contributed by atoms with Gasteiger partial charge in [-0.05, 0) is 47.3 Å². The summed E-state index contributed by atoms with van der Waals surface area (Å²) >= 11 is 3.53. The maximum absolute atomic E-state index is 6.06. The van der Waals surface area contributed by atoms with Crippen molar-refractivity contribution in [3.8, 4) is 5.75 Å². The second-order valence-electron chi connectivity index (χ2n) is 4.31. The standard InChI is InChI=1S/C12H14BrNO/c13-8-4-3-6-10-12(8)15-11-7-2-1-5-9(11)14-10/h3-4,6,9,11,14H,1-2,5,7H2. The van der Waals surface area contributed by atoms with Gasteiger partial charge in [0.2, 0.25) is 0 Å². The molecule has 0 aromatic heterocycles. The molecule has 0 saturated heterocycles. The minimum atomic E-state index is 0.366. The van der Waals surface area contributed by atoms with Crippen LogP contribution in [0.4, 0.5) is 5.69 Å². The second-order valence-corrected chi connectivity index (χ2v) is 5.16. The molecule has 2 aliphatic rings. The fourth-order valence-electron chi connectivity index (χ4n) is 2.50. The average Bonchev–Trinajstić information content (AvgIpc) is 2.27. The first-order valence-electron chi connectivity index (χ1n) is 5.56. The minimum Gasteiger partial charge on any atom is -0.485 e. The summed E-state index contributed by atoms with van der Waals surface area (Å²) < 4.78 is 7.11. The topological polar surface area (TPSA) is 21.3 Å². The molecule has 3 heteroatoms. The Kier molecular flexibility index (Phi) is 2.35. The summed E-state index contributed by atoms with van der Waals surface area (Å²) in [6.45, 7) is 0. The molecule has 0 radical (unpaired) electrons. The zero-order valence-corrected chi connectivity index (χ0v) is 10.1. The normalized spacial score (nSPS) is 28.3. The van der Waals surface area contributed by atoms with E-state index in [0.717, 1.165) is 15.9 Å². The quantitative estimate of drug-likeness (QED) is 0.776. The van der Waals surface area contributed by atoms with Crippen molar-refractivity contribution in [1.82, 2.24) is 0 Å². The maximum atomic E-state index is 6.06. The highest BCUT2D eigenvalue weighted by Gasteiger charge is 2.32. The number of benzene rings is 1. The second kappa shape index (κ2) is 3.71. The molecule has 1 saturated carbocycles. The lowest BCUT2D eigenvalue weighted by molar-refractivity contribution is 0.130. The smallest absolute Gasteiger partial charge is 0.157 e. The van der Waals surface area contributed by atoms with E-state index in [1.54, 1.807) is 0 Å². The van der Waals surface area contributed by atoms with Crippen LogP contribution >= 0.6 is 15.9 Å². The predicted molar refractivity (Wildman–Crippen MR) is 64.4 cm³/mol. The van der Waals surface area contributed by atoms with Crippen LogP contribution in [0.3, 0.4) is 0 Å². The summed E-state index contributed by atoms with van der Waals surface area (Å²) in [5.41, 5.74) is 1.13. The van der Waals surface area contributed by atoms with Gasteiger partial charge in [0, 0.05) is 0 Å². The van der Waals surface area contributed by atoms with E-state index in [1.165, 1.54) is 25.7 Å². The zero-order chi connectivity index (χ0) is 10.3. The van der Waals surface area contributed by atoms with Gasteiger partial charge in [-0.15, -0.1) is 0 Å². The number of nitrogens with one attached hydrogen (secondary N) is 1. The van der Waals surface area contributed by atoms with Crippen molar-refractivity contribution in [3.05, 3.63) is 22.7 Å². The van der Waals surface area contributed by atoms with Crippen LogP contribution in [0.15, 0.2) is 22.7 Å². The molecule has 1 heterocycles. The number of para-hydroxylation sites is 1. The Balaban J connectivity index is 1.95. The van der Waals surface area contributed by atoms with E-state index in [-0.39, 0.29) is 0 Å². The number of anilines is 1. The van der Waals surface area contributed by atoms with Gasteiger partial charge in [0.05, 0.1) is 16.2 Å². The first-order valence-corrected chi connectivity index (χ1v) is 6.35. The third kappa shape index (κ3) is 1.63. The van der Waals surface area contributed by atoms with Crippen LogP contribution in [0, 0.1) is 0 Å². The number of fused-ring (bicyclic) bond motifs is 2. The van der Waals surface area contributed by atoms with Gasteiger partial charge in [0.25, 0.3) is 0 Å². The van der Waals surface area contributed by atoms with Crippen molar-refractivity contribution >= 4 is 21.6 Å². The monoisotopic (exact) mass is 267 g/mol. The molecular formula is C12H14BrNO. The Morgan fingerprint density at radius 2 is 2.13 bits per heavy atom. The van der Waals surface area contributed by atoms with Crippen molar-refractivity contribution in [2.75, 3.05) is 5.32 Å². The molecule has 0 spiro atoms. The lowest BCUT2D eigenvalue weighted by Gasteiger charge is -2.38. The summed E-state index contributed by atoms with van der Waals surface area (Å²) in [6, 6.07) is 6.68. The Morgan fingerprint density at radius 3 is 3.07 bits per heavy atom. The molecule has 1 aromatic rings. The molecule has 0 bridgehead atoms. The highest BCUT2D eigenvalue weighted by atomic mass is 79.9. The largest absolute Gasteiger partial charge is 0.485 e. The first-order chi connectivity index (χ1) is 7.34. The van der Waals surface area contributed by atoms with Crippen molar-refractivity contribution in [2.45, 2.75) is 37.8 Å². The zero-order valence-electron chi connectivity index (χ0n) is 8.50. The van der Waals surface area contributed by atoms with E-state index >= 15 is 0 Å². The molecule has 1 N–H and O–H groups in total. The first kappa shape index (κ1) is 9.52. The summed E-state index contributed by atoms with van der Waals surface area (Å²) in [6.07, 6.45) is 5.39. The van der Waals surface area contributed by atoms with Crippen LogP contribution in [0.1, 0.15) is 25.7 Å². The number of hydrogen-bond donors (Lipinski definition) is 1. The highest BCUT2D eigenvalue weighted by Crippen LogP contribution is 2.40. The lowest BCUT2D eigenvalue weighted by Crippen LogP contribution is -2.43. The van der Waals surface area contributed by atoms with Gasteiger partial charge < -0.3 is 10.1 Å². The third-order valence-corrected chi connectivity index (χ3v) is 3.90. The Labute approximate surface area is 98.1 Å². The molecule has 1 aromatic carbocycles. The van der Waals surface area contributed by atoms with E-state index in [2.05, 4.69) is 27.3 Å². The molecule has 2 unspecified atom stereocenters. The van der Waals surface area contributed by atoms with Crippen LogP contribution in [0.25, 0.3) is 0 Å². The maximum Gasteiger partial charge on any atom is 0.157 e.